The normalized spacial score (nSPS) is 11.1. The Bertz CT molecular complexity index is 568. The molecule has 0 saturated heterocycles. The van der Waals surface area contributed by atoms with E-state index in [1.54, 1.807) is 7.11 Å². The molecule has 0 bridgehead atoms. The lowest BCUT2D eigenvalue weighted by atomic mass is 10.1. The van der Waals surface area contributed by atoms with Crippen LogP contribution >= 0.6 is 0 Å². The number of aromatic nitrogens is 2. The maximum atomic E-state index is 5.44. The van der Waals surface area contributed by atoms with Crippen molar-refractivity contribution in [3.05, 3.63) is 41.0 Å². The average molecular weight is 276 g/mol. The van der Waals surface area contributed by atoms with Crippen LogP contribution in [0.15, 0.2) is 22.7 Å². The van der Waals surface area contributed by atoms with Crippen molar-refractivity contribution in [2.75, 3.05) is 14.2 Å². The van der Waals surface area contributed by atoms with E-state index in [2.05, 4.69) is 27.2 Å². The van der Waals surface area contributed by atoms with E-state index in [0.29, 0.717) is 18.3 Å². The third-order valence-electron chi connectivity index (χ3n) is 3.01. The monoisotopic (exact) mass is 276 g/mol. The van der Waals surface area contributed by atoms with Gasteiger partial charge in [-0.15, -0.1) is 0 Å². The predicted molar refractivity (Wildman–Crippen MR) is 75.1 cm³/mol. The van der Waals surface area contributed by atoms with Crippen molar-refractivity contribution in [2.45, 2.75) is 26.6 Å². The number of nitrogens with two attached hydrogens (primary N) is 1. The summed E-state index contributed by atoms with van der Waals surface area (Å²) < 4.78 is 10.2. The zero-order valence-electron chi connectivity index (χ0n) is 12.1. The first-order chi connectivity index (χ1) is 9.62. The third kappa shape index (κ3) is 3.55. The van der Waals surface area contributed by atoms with Crippen molar-refractivity contribution >= 4 is 0 Å². The minimum Gasteiger partial charge on any atom is -0.496 e. The highest BCUT2D eigenvalue weighted by molar-refractivity contribution is 5.36. The molecular formula is C14H20N4O2. The zero-order chi connectivity index (χ0) is 14.5. The summed E-state index contributed by atoms with van der Waals surface area (Å²) in [6.07, 6.45) is 0. The number of benzene rings is 1. The van der Waals surface area contributed by atoms with Crippen molar-refractivity contribution in [1.29, 1.82) is 0 Å². The molecule has 1 aromatic heterocycles. The Labute approximate surface area is 118 Å². The molecule has 0 spiro atoms. The number of nitrogens with zero attached hydrogens (tertiary/aromatic N) is 3. The smallest absolute Gasteiger partial charge is 0.240 e. The Hall–Kier alpha value is -1.92. The first kappa shape index (κ1) is 14.5. The van der Waals surface area contributed by atoms with E-state index in [9.17, 15) is 0 Å². The van der Waals surface area contributed by atoms with Gasteiger partial charge in [-0.1, -0.05) is 17.3 Å². The summed E-state index contributed by atoms with van der Waals surface area (Å²) in [5, 5.41) is 3.89. The molecule has 0 amide bonds. The summed E-state index contributed by atoms with van der Waals surface area (Å²) in [7, 11) is 3.69. The molecule has 2 aromatic rings. The van der Waals surface area contributed by atoms with Crippen molar-refractivity contribution < 1.29 is 9.26 Å². The van der Waals surface area contributed by atoms with Gasteiger partial charge in [0.25, 0.3) is 0 Å². The lowest BCUT2D eigenvalue weighted by molar-refractivity contribution is 0.299. The number of rotatable bonds is 6. The van der Waals surface area contributed by atoms with E-state index in [4.69, 9.17) is 15.0 Å². The standard InChI is InChI=1S/C14H20N4O2/c1-10-6-11(4-5-12(10)19-3)8-18(2)9-13-16-14(7-15)20-17-13/h4-6H,7-9,15H2,1-3H3. The highest BCUT2D eigenvalue weighted by Crippen LogP contribution is 2.19. The fraction of sp³-hybridized carbons (Fsp3) is 0.429. The summed E-state index contributed by atoms with van der Waals surface area (Å²) in [6.45, 7) is 3.73. The molecule has 0 radical (unpaired) electrons. The molecule has 20 heavy (non-hydrogen) atoms. The van der Waals surface area contributed by atoms with Crippen molar-refractivity contribution in [1.82, 2.24) is 15.0 Å². The van der Waals surface area contributed by atoms with E-state index in [1.807, 2.05) is 20.0 Å². The van der Waals surface area contributed by atoms with Gasteiger partial charge in [0, 0.05) is 6.54 Å². The second-order valence-corrected chi connectivity index (χ2v) is 4.78. The Morgan fingerprint density at radius 2 is 2.15 bits per heavy atom. The number of hydrogen-bond acceptors (Lipinski definition) is 6. The van der Waals surface area contributed by atoms with Gasteiger partial charge in [-0.25, -0.2) is 0 Å². The lowest BCUT2D eigenvalue weighted by Gasteiger charge is -2.15. The first-order valence-corrected chi connectivity index (χ1v) is 6.46. The van der Waals surface area contributed by atoms with Gasteiger partial charge in [-0.2, -0.15) is 4.98 Å². The van der Waals surface area contributed by atoms with Gasteiger partial charge < -0.3 is 15.0 Å². The quantitative estimate of drug-likeness (QED) is 0.861. The van der Waals surface area contributed by atoms with Crippen LogP contribution in [-0.2, 0) is 19.6 Å². The van der Waals surface area contributed by atoms with Crippen LogP contribution in [0.4, 0.5) is 0 Å². The SMILES string of the molecule is COc1ccc(CN(C)Cc2noc(CN)n2)cc1C. The molecule has 1 heterocycles. The molecule has 2 rings (SSSR count). The molecule has 0 aliphatic carbocycles. The van der Waals surface area contributed by atoms with Crippen LogP contribution in [0.1, 0.15) is 22.8 Å². The number of hydrogen-bond donors (Lipinski definition) is 1. The average Bonchev–Trinajstić information content (AvgIpc) is 2.86. The molecule has 0 aliphatic rings. The molecular weight excluding hydrogens is 256 g/mol. The molecule has 2 N–H and O–H groups in total. The van der Waals surface area contributed by atoms with Crippen molar-refractivity contribution in [3.63, 3.8) is 0 Å². The zero-order valence-corrected chi connectivity index (χ0v) is 12.1. The molecule has 108 valence electrons. The number of methoxy groups -OCH3 is 1. The molecule has 6 heteroatoms. The Balaban J connectivity index is 1.97. The van der Waals surface area contributed by atoms with E-state index in [1.165, 1.54) is 5.56 Å². The van der Waals surface area contributed by atoms with Crippen LogP contribution < -0.4 is 10.5 Å². The maximum Gasteiger partial charge on any atom is 0.240 e. The summed E-state index contributed by atoms with van der Waals surface area (Å²) in [4.78, 5) is 6.31. The van der Waals surface area contributed by atoms with Crippen molar-refractivity contribution in [3.8, 4) is 5.75 Å². The van der Waals surface area contributed by atoms with Crippen LogP contribution in [-0.4, -0.2) is 29.2 Å². The molecule has 0 unspecified atom stereocenters. The lowest BCUT2D eigenvalue weighted by Crippen LogP contribution is -2.18. The van der Waals surface area contributed by atoms with Gasteiger partial charge in [0.2, 0.25) is 5.89 Å². The largest absolute Gasteiger partial charge is 0.496 e. The fourth-order valence-corrected chi connectivity index (χ4v) is 2.09. The number of aryl methyl sites for hydroxylation is 1. The van der Waals surface area contributed by atoms with Crippen LogP contribution in [0.3, 0.4) is 0 Å². The Kier molecular flexibility index (Phi) is 4.70. The topological polar surface area (TPSA) is 77.4 Å². The summed E-state index contributed by atoms with van der Waals surface area (Å²) in [5.41, 5.74) is 7.78. The predicted octanol–water partition coefficient (Wildman–Crippen LogP) is 1.48. The van der Waals surface area contributed by atoms with E-state index < -0.39 is 0 Å². The van der Waals surface area contributed by atoms with E-state index in [0.717, 1.165) is 17.9 Å². The van der Waals surface area contributed by atoms with Crippen LogP contribution in [0, 0.1) is 6.92 Å². The third-order valence-corrected chi connectivity index (χ3v) is 3.01. The Morgan fingerprint density at radius 1 is 1.35 bits per heavy atom. The summed E-state index contributed by atoms with van der Waals surface area (Å²) in [6, 6.07) is 6.17. The van der Waals surface area contributed by atoms with Crippen LogP contribution in [0.2, 0.25) is 0 Å². The number of ether oxygens (including phenoxy) is 1. The van der Waals surface area contributed by atoms with Gasteiger partial charge >= 0.3 is 0 Å². The van der Waals surface area contributed by atoms with Crippen LogP contribution in [0.25, 0.3) is 0 Å². The van der Waals surface area contributed by atoms with Gasteiger partial charge in [0.05, 0.1) is 20.2 Å². The molecule has 6 nitrogen and oxygen atoms in total. The molecule has 0 saturated carbocycles. The van der Waals surface area contributed by atoms with Gasteiger partial charge in [0.15, 0.2) is 5.82 Å². The van der Waals surface area contributed by atoms with Crippen LogP contribution in [0.5, 0.6) is 5.75 Å². The highest BCUT2D eigenvalue weighted by Gasteiger charge is 2.09. The van der Waals surface area contributed by atoms with Crippen molar-refractivity contribution in [2.24, 2.45) is 5.73 Å². The maximum absolute atomic E-state index is 5.44. The second-order valence-electron chi connectivity index (χ2n) is 4.78. The molecule has 0 atom stereocenters. The Morgan fingerprint density at radius 3 is 2.75 bits per heavy atom. The first-order valence-electron chi connectivity index (χ1n) is 6.46. The van der Waals surface area contributed by atoms with Gasteiger partial charge in [0.1, 0.15) is 5.75 Å². The van der Waals surface area contributed by atoms with Gasteiger partial charge in [-0.3, -0.25) is 4.90 Å². The minimum atomic E-state index is 0.272. The second kappa shape index (κ2) is 6.49. The highest BCUT2D eigenvalue weighted by atomic mass is 16.5. The van der Waals surface area contributed by atoms with E-state index >= 15 is 0 Å². The molecule has 1 aromatic carbocycles. The molecule has 0 fully saturated rings. The van der Waals surface area contributed by atoms with E-state index in [-0.39, 0.29) is 6.54 Å². The minimum absolute atomic E-state index is 0.272. The molecule has 0 aliphatic heterocycles. The summed E-state index contributed by atoms with van der Waals surface area (Å²) in [5.74, 6) is 2.02. The van der Waals surface area contributed by atoms with Gasteiger partial charge in [-0.05, 0) is 31.2 Å². The summed E-state index contributed by atoms with van der Waals surface area (Å²) >= 11 is 0. The fourth-order valence-electron chi connectivity index (χ4n) is 2.09.